The van der Waals surface area contributed by atoms with Crippen LogP contribution >= 0.6 is 0 Å². The molecule has 184 valence electrons. The van der Waals surface area contributed by atoms with Gasteiger partial charge in [0, 0.05) is 53.0 Å². The molecule has 0 radical (unpaired) electrons. The lowest BCUT2D eigenvalue weighted by atomic mass is 9.42. The van der Waals surface area contributed by atoms with E-state index in [2.05, 4.69) is 64.8 Å². The third kappa shape index (κ3) is 6.03. The number of fused-ring (bicyclic) bond motifs is 1. The first-order valence-electron chi connectivity index (χ1n) is 12.5. The van der Waals surface area contributed by atoms with Gasteiger partial charge in [-0.1, -0.05) is 38.7 Å². The number of carbonyl (C=O) groups is 1. The Labute approximate surface area is 213 Å². The molecule has 3 aromatic rings. The molecule has 0 saturated heterocycles. The molecule has 1 amide bonds. The van der Waals surface area contributed by atoms with Crippen LogP contribution in [-0.2, 0) is 18.2 Å². The molecule has 0 bridgehead atoms. The van der Waals surface area contributed by atoms with Gasteiger partial charge in [0.25, 0.3) is 12.6 Å². The van der Waals surface area contributed by atoms with Gasteiger partial charge >= 0.3 is 0 Å². The molecule has 0 saturated carbocycles. The first kappa shape index (κ1) is 25.2. The Morgan fingerprint density at radius 1 is 1.06 bits per heavy atom. The maximum atomic E-state index is 12.9. The molecule has 7 nitrogen and oxygen atoms in total. The van der Waals surface area contributed by atoms with Crippen molar-refractivity contribution in [2.75, 3.05) is 10.6 Å². The fraction of sp³-hybridized carbons (Fsp3) is 0.357. The lowest BCUT2D eigenvalue weighted by Gasteiger charge is -2.20. The third-order valence-corrected chi connectivity index (χ3v) is 6.27. The number of aromatic nitrogens is 2. The summed E-state index contributed by atoms with van der Waals surface area (Å²) in [6.07, 6.45) is 5.98. The highest BCUT2D eigenvalue weighted by molar-refractivity contribution is 6.66. The molecule has 1 aliphatic heterocycles. The summed E-state index contributed by atoms with van der Waals surface area (Å²) < 4.78 is 0. The van der Waals surface area contributed by atoms with Crippen LogP contribution in [0, 0.1) is 11.2 Å². The molecule has 0 atom stereocenters. The molecule has 0 spiro atoms. The van der Waals surface area contributed by atoms with E-state index in [9.17, 15) is 10.1 Å². The van der Waals surface area contributed by atoms with Crippen molar-refractivity contribution in [3.63, 3.8) is 0 Å². The van der Waals surface area contributed by atoms with Gasteiger partial charge < -0.3 is 16.0 Å². The molecule has 1 aliphatic rings. The molecule has 0 aliphatic carbocycles. The summed E-state index contributed by atoms with van der Waals surface area (Å²) in [7, 11) is 0. The average molecular weight is 480 g/mol. The van der Waals surface area contributed by atoms with Crippen molar-refractivity contribution in [3.05, 3.63) is 71.2 Å². The van der Waals surface area contributed by atoms with Gasteiger partial charge in [0.1, 0.15) is 5.82 Å². The second kappa shape index (κ2) is 10.4. The Morgan fingerprint density at radius 2 is 1.83 bits per heavy atom. The number of hydrogen-bond donors (Lipinski definition) is 3. The van der Waals surface area contributed by atoms with E-state index in [1.54, 1.807) is 12.4 Å². The molecular weight excluding hydrogens is 447 g/mol. The van der Waals surface area contributed by atoms with Crippen LogP contribution in [-0.4, -0.2) is 28.6 Å². The Balaban J connectivity index is 1.63. The summed E-state index contributed by atoms with van der Waals surface area (Å²) in [6.45, 7) is 10.3. The van der Waals surface area contributed by atoms with Crippen LogP contribution in [0.2, 0.25) is 6.32 Å². The molecule has 2 aromatic heterocycles. The predicted molar refractivity (Wildman–Crippen MR) is 146 cm³/mol. The predicted octanol–water partition coefficient (Wildman–Crippen LogP) is 5.59. The molecule has 0 fully saturated rings. The topological polar surface area (TPSA) is 103 Å². The van der Waals surface area contributed by atoms with Crippen LogP contribution < -0.4 is 16.0 Å². The number of carbonyl (C=O) groups excluding carboxylic acids is 1. The van der Waals surface area contributed by atoms with Gasteiger partial charge in [0.05, 0.1) is 11.3 Å². The summed E-state index contributed by atoms with van der Waals surface area (Å²) >= 11 is 0. The quantitative estimate of drug-likeness (QED) is 0.397. The lowest BCUT2D eigenvalue weighted by molar-refractivity contribution is 0.0943. The standard InChI is InChI=1S/C28H33BN6O/c1-18(2)33-27(36)23-16-32-26(14-24(23)34-22-9-11-31-25(13-22)28(3,4)5)35-21-7-6-20-15-29(17-30)10-8-19(20)12-21/h6-7,9,11-14,16,18H,8,10,15H2,1-5H3,(H,33,36)(H2,31,32,34,35). The highest BCUT2D eigenvalue weighted by Gasteiger charge is 2.22. The van der Waals surface area contributed by atoms with E-state index < -0.39 is 0 Å². The third-order valence-electron chi connectivity index (χ3n) is 6.27. The van der Waals surface area contributed by atoms with Crippen molar-refractivity contribution < 1.29 is 4.79 Å². The van der Waals surface area contributed by atoms with Crippen LogP contribution in [0.4, 0.5) is 22.9 Å². The van der Waals surface area contributed by atoms with E-state index in [1.165, 1.54) is 11.1 Å². The van der Waals surface area contributed by atoms with Gasteiger partial charge in [0.2, 0.25) is 0 Å². The van der Waals surface area contributed by atoms with Crippen molar-refractivity contribution in [2.24, 2.45) is 0 Å². The smallest absolute Gasteiger partial charge is 0.272 e. The molecular formula is C28H33BN6O. The number of amides is 1. The maximum absolute atomic E-state index is 12.9. The minimum atomic E-state index is -0.183. The first-order valence-corrected chi connectivity index (χ1v) is 12.5. The van der Waals surface area contributed by atoms with Crippen LogP contribution in [0.3, 0.4) is 0 Å². The highest BCUT2D eigenvalue weighted by atomic mass is 16.1. The number of hydrogen-bond acceptors (Lipinski definition) is 6. The van der Waals surface area contributed by atoms with Crippen molar-refractivity contribution in [3.8, 4) is 5.97 Å². The number of anilines is 4. The second-order valence-electron chi connectivity index (χ2n) is 10.7. The number of nitrogens with one attached hydrogen (secondary N) is 3. The Hall–Kier alpha value is -3.86. The molecule has 3 N–H and O–H groups in total. The molecule has 3 heterocycles. The maximum Gasteiger partial charge on any atom is 0.272 e. The summed E-state index contributed by atoms with van der Waals surface area (Å²) in [5.41, 5.74) is 6.28. The fourth-order valence-electron chi connectivity index (χ4n) is 4.31. The highest BCUT2D eigenvalue weighted by Crippen LogP contribution is 2.29. The summed E-state index contributed by atoms with van der Waals surface area (Å²) in [6, 6.07) is 12.0. The van der Waals surface area contributed by atoms with Gasteiger partial charge in [-0.05, 0) is 56.4 Å². The molecule has 4 rings (SSSR count). The van der Waals surface area contributed by atoms with Gasteiger partial charge in [-0.3, -0.25) is 9.78 Å². The Bertz CT molecular complexity index is 1310. The van der Waals surface area contributed by atoms with E-state index in [0.29, 0.717) is 17.1 Å². The van der Waals surface area contributed by atoms with E-state index in [1.807, 2.05) is 38.1 Å². The van der Waals surface area contributed by atoms with Crippen molar-refractivity contribution in [2.45, 2.75) is 65.1 Å². The lowest BCUT2D eigenvalue weighted by Crippen LogP contribution is -2.30. The monoisotopic (exact) mass is 480 g/mol. The van der Waals surface area contributed by atoms with Crippen LogP contribution in [0.5, 0.6) is 0 Å². The van der Waals surface area contributed by atoms with Gasteiger partial charge in [-0.25, -0.2) is 10.2 Å². The van der Waals surface area contributed by atoms with Crippen molar-refractivity contribution in [1.29, 1.82) is 5.26 Å². The van der Waals surface area contributed by atoms with Gasteiger partial charge in [-0.2, -0.15) is 0 Å². The number of rotatable bonds is 6. The molecule has 0 unspecified atom stereocenters. The SMILES string of the molecule is CC(C)NC(=O)c1cnc(Nc2ccc3c(c2)CCB(C#N)C3)cc1Nc1ccnc(C(C)(C)C)c1. The zero-order valence-corrected chi connectivity index (χ0v) is 21.6. The fourth-order valence-corrected chi connectivity index (χ4v) is 4.31. The average Bonchev–Trinajstić information content (AvgIpc) is 2.83. The van der Waals surface area contributed by atoms with Crippen LogP contribution in [0.25, 0.3) is 0 Å². The van der Waals surface area contributed by atoms with E-state index in [-0.39, 0.29) is 24.1 Å². The molecule has 1 aromatic carbocycles. The number of nitriles is 1. The zero-order chi connectivity index (χ0) is 25.9. The van der Waals surface area contributed by atoms with E-state index in [0.717, 1.165) is 36.1 Å². The number of benzene rings is 1. The summed E-state index contributed by atoms with van der Waals surface area (Å²) in [4.78, 5) is 22.0. The van der Waals surface area contributed by atoms with Crippen LogP contribution in [0.1, 0.15) is 61.8 Å². The van der Waals surface area contributed by atoms with E-state index >= 15 is 0 Å². The Morgan fingerprint density at radius 3 is 2.56 bits per heavy atom. The van der Waals surface area contributed by atoms with Gasteiger partial charge in [0.15, 0.2) is 0 Å². The molecule has 36 heavy (non-hydrogen) atoms. The van der Waals surface area contributed by atoms with Crippen molar-refractivity contribution >= 4 is 35.5 Å². The normalized spacial score (nSPS) is 13.1. The van der Waals surface area contributed by atoms with E-state index in [4.69, 9.17) is 0 Å². The summed E-state index contributed by atoms with van der Waals surface area (Å²) in [5.74, 6) is 2.84. The molecule has 8 heteroatoms. The minimum Gasteiger partial charge on any atom is -0.355 e. The Kier molecular flexibility index (Phi) is 7.30. The number of nitrogens with zero attached hydrogens (tertiary/aromatic N) is 3. The first-order chi connectivity index (χ1) is 17.1. The van der Waals surface area contributed by atoms with Crippen LogP contribution in [0.15, 0.2) is 48.8 Å². The number of pyridine rings is 2. The largest absolute Gasteiger partial charge is 0.355 e. The summed E-state index contributed by atoms with van der Waals surface area (Å²) in [5, 5.41) is 19.0. The van der Waals surface area contributed by atoms with Gasteiger partial charge in [-0.15, -0.1) is 0 Å². The second-order valence-corrected chi connectivity index (χ2v) is 10.7. The number of aryl methyl sites for hydroxylation is 1. The van der Waals surface area contributed by atoms with Crippen molar-refractivity contribution in [1.82, 2.24) is 15.3 Å². The zero-order valence-electron chi connectivity index (χ0n) is 21.6. The minimum absolute atomic E-state index is 0.00713.